The molecular formula is C15H26O7. The van der Waals surface area contributed by atoms with Gasteiger partial charge < -0.3 is 33.2 Å². The monoisotopic (exact) mass is 318 g/mol. The van der Waals surface area contributed by atoms with E-state index in [9.17, 15) is 0 Å². The number of hydrogen-bond donors (Lipinski definition) is 0. The van der Waals surface area contributed by atoms with E-state index in [4.69, 9.17) is 33.2 Å². The van der Waals surface area contributed by atoms with Crippen LogP contribution in [0.5, 0.6) is 0 Å². The number of hydrogen-bond acceptors (Lipinski definition) is 7. The van der Waals surface area contributed by atoms with Crippen molar-refractivity contribution in [1.29, 1.82) is 0 Å². The molecule has 0 saturated carbocycles. The molecule has 0 aromatic carbocycles. The molecule has 0 radical (unpaired) electrons. The average molecular weight is 318 g/mol. The lowest BCUT2D eigenvalue weighted by Crippen LogP contribution is -2.28. The fourth-order valence-electron chi connectivity index (χ4n) is 1.90. The Morgan fingerprint density at radius 2 is 1.27 bits per heavy atom. The second kappa shape index (κ2) is 9.12. The SMILES string of the molecule is C(COCC(COCC1CO1)OCC1CO1)COCC1CO1. The molecule has 0 aromatic rings. The van der Waals surface area contributed by atoms with E-state index in [0.717, 1.165) is 26.2 Å². The van der Waals surface area contributed by atoms with Gasteiger partial charge >= 0.3 is 0 Å². The Bertz CT molecular complexity index is 302. The molecule has 3 heterocycles. The molecule has 3 fully saturated rings. The first-order chi connectivity index (χ1) is 10.9. The van der Waals surface area contributed by atoms with Gasteiger partial charge in [0.25, 0.3) is 0 Å². The Hall–Kier alpha value is -0.280. The van der Waals surface area contributed by atoms with E-state index in [-0.39, 0.29) is 18.3 Å². The van der Waals surface area contributed by atoms with Crippen molar-refractivity contribution in [3.8, 4) is 0 Å². The second-order valence-electron chi connectivity index (χ2n) is 5.86. The Balaban J connectivity index is 1.18. The largest absolute Gasteiger partial charge is 0.379 e. The van der Waals surface area contributed by atoms with E-state index in [2.05, 4.69) is 0 Å². The summed E-state index contributed by atoms with van der Waals surface area (Å²) in [5, 5.41) is 0. The molecule has 7 heteroatoms. The molecule has 0 N–H and O–H groups in total. The fraction of sp³-hybridized carbons (Fsp3) is 1.00. The molecule has 3 aliphatic rings. The minimum Gasteiger partial charge on any atom is -0.379 e. The molecule has 4 atom stereocenters. The summed E-state index contributed by atoms with van der Waals surface area (Å²) >= 11 is 0. The van der Waals surface area contributed by atoms with Gasteiger partial charge in [0.2, 0.25) is 0 Å². The Kier molecular flexibility index (Phi) is 6.87. The molecule has 4 unspecified atom stereocenters. The normalized spacial score (nSPS) is 30.3. The van der Waals surface area contributed by atoms with Gasteiger partial charge in [0.15, 0.2) is 0 Å². The van der Waals surface area contributed by atoms with E-state index in [1.807, 2.05) is 0 Å². The first-order valence-corrected chi connectivity index (χ1v) is 8.10. The highest BCUT2D eigenvalue weighted by molar-refractivity contribution is 4.71. The summed E-state index contributed by atoms with van der Waals surface area (Å²) in [6.45, 7) is 6.82. The summed E-state index contributed by atoms with van der Waals surface area (Å²) < 4.78 is 37.8. The fourth-order valence-corrected chi connectivity index (χ4v) is 1.90. The van der Waals surface area contributed by atoms with Gasteiger partial charge in [-0.15, -0.1) is 0 Å². The molecule has 3 aliphatic heterocycles. The number of epoxide rings is 3. The summed E-state index contributed by atoms with van der Waals surface area (Å²) in [7, 11) is 0. The van der Waals surface area contributed by atoms with Crippen molar-refractivity contribution in [2.75, 3.05) is 66.1 Å². The van der Waals surface area contributed by atoms with Gasteiger partial charge in [-0.2, -0.15) is 0 Å². The zero-order chi connectivity index (χ0) is 15.0. The third-order valence-electron chi connectivity index (χ3n) is 3.52. The lowest BCUT2D eigenvalue weighted by molar-refractivity contribution is -0.0665. The van der Waals surface area contributed by atoms with Crippen molar-refractivity contribution in [1.82, 2.24) is 0 Å². The van der Waals surface area contributed by atoms with Crippen LogP contribution in [0, 0.1) is 0 Å². The van der Waals surface area contributed by atoms with Crippen LogP contribution in [-0.2, 0) is 33.2 Å². The molecule has 128 valence electrons. The van der Waals surface area contributed by atoms with E-state index in [0.29, 0.717) is 52.4 Å². The number of rotatable bonds is 15. The van der Waals surface area contributed by atoms with Crippen LogP contribution in [0.25, 0.3) is 0 Å². The molecule has 3 saturated heterocycles. The predicted molar refractivity (Wildman–Crippen MR) is 76.0 cm³/mol. The van der Waals surface area contributed by atoms with Crippen molar-refractivity contribution in [3.05, 3.63) is 0 Å². The summed E-state index contributed by atoms with van der Waals surface area (Å²) in [6.07, 6.45) is 1.69. The van der Waals surface area contributed by atoms with Gasteiger partial charge in [-0.3, -0.25) is 0 Å². The third-order valence-corrected chi connectivity index (χ3v) is 3.52. The topological polar surface area (TPSA) is 74.5 Å². The van der Waals surface area contributed by atoms with E-state index in [1.165, 1.54) is 0 Å². The summed E-state index contributed by atoms with van der Waals surface area (Å²) in [6, 6.07) is 0. The highest BCUT2D eigenvalue weighted by Gasteiger charge is 2.26. The van der Waals surface area contributed by atoms with Gasteiger partial charge in [0.05, 0.1) is 52.9 Å². The second-order valence-corrected chi connectivity index (χ2v) is 5.86. The van der Waals surface area contributed by atoms with Crippen LogP contribution in [0.1, 0.15) is 6.42 Å². The molecule has 0 aromatic heterocycles. The maximum Gasteiger partial charge on any atom is 0.104 e. The van der Waals surface area contributed by atoms with E-state index < -0.39 is 0 Å². The van der Waals surface area contributed by atoms with Crippen LogP contribution in [-0.4, -0.2) is 90.5 Å². The van der Waals surface area contributed by atoms with Crippen LogP contribution >= 0.6 is 0 Å². The maximum absolute atomic E-state index is 5.77. The first-order valence-electron chi connectivity index (χ1n) is 8.10. The minimum atomic E-state index is -0.0521. The van der Waals surface area contributed by atoms with Crippen LogP contribution in [0.15, 0.2) is 0 Å². The Morgan fingerprint density at radius 1 is 0.727 bits per heavy atom. The molecule has 7 nitrogen and oxygen atoms in total. The zero-order valence-electron chi connectivity index (χ0n) is 12.9. The lowest BCUT2D eigenvalue weighted by atomic mass is 10.4. The van der Waals surface area contributed by atoms with Gasteiger partial charge in [-0.05, 0) is 6.42 Å². The molecule has 3 rings (SSSR count). The zero-order valence-corrected chi connectivity index (χ0v) is 12.9. The van der Waals surface area contributed by atoms with E-state index >= 15 is 0 Å². The van der Waals surface area contributed by atoms with E-state index in [1.54, 1.807) is 0 Å². The summed E-state index contributed by atoms with van der Waals surface area (Å²) in [5.74, 6) is 0. The maximum atomic E-state index is 5.77. The molecule has 0 aliphatic carbocycles. The van der Waals surface area contributed by atoms with Gasteiger partial charge in [-0.1, -0.05) is 0 Å². The molecule has 0 spiro atoms. The van der Waals surface area contributed by atoms with Gasteiger partial charge in [0, 0.05) is 13.2 Å². The first kappa shape index (κ1) is 16.6. The van der Waals surface area contributed by atoms with Crippen LogP contribution in [0.4, 0.5) is 0 Å². The quantitative estimate of drug-likeness (QED) is 0.311. The van der Waals surface area contributed by atoms with Crippen LogP contribution < -0.4 is 0 Å². The Morgan fingerprint density at radius 3 is 1.95 bits per heavy atom. The highest BCUT2D eigenvalue weighted by Crippen LogP contribution is 2.12. The molecular weight excluding hydrogens is 292 g/mol. The van der Waals surface area contributed by atoms with Crippen molar-refractivity contribution < 1.29 is 33.2 Å². The summed E-state index contributed by atoms with van der Waals surface area (Å²) in [4.78, 5) is 0. The Labute approximate surface area is 131 Å². The van der Waals surface area contributed by atoms with Gasteiger partial charge in [0.1, 0.15) is 24.4 Å². The van der Waals surface area contributed by atoms with Gasteiger partial charge in [-0.25, -0.2) is 0 Å². The van der Waals surface area contributed by atoms with Crippen molar-refractivity contribution in [3.63, 3.8) is 0 Å². The lowest BCUT2D eigenvalue weighted by Gasteiger charge is -2.17. The predicted octanol–water partition coefficient (Wildman–Crippen LogP) is 0.00790. The van der Waals surface area contributed by atoms with Crippen molar-refractivity contribution in [2.45, 2.75) is 30.8 Å². The van der Waals surface area contributed by atoms with Crippen LogP contribution in [0.3, 0.4) is 0 Å². The highest BCUT2D eigenvalue weighted by atomic mass is 16.6. The standard InChI is InChI=1S/C15H26O7/c1(3-17-5-13-8-20-13)2-16-4-12(19-10-15-11-22-15)6-18-7-14-9-21-14/h12-15H,1-11H2. The molecule has 22 heavy (non-hydrogen) atoms. The minimum absolute atomic E-state index is 0.0521. The smallest absolute Gasteiger partial charge is 0.104 e. The molecule has 0 bridgehead atoms. The average Bonchev–Trinajstić information content (AvgIpc) is 3.38. The molecule has 0 amide bonds. The van der Waals surface area contributed by atoms with Crippen molar-refractivity contribution >= 4 is 0 Å². The van der Waals surface area contributed by atoms with Crippen LogP contribution in [0.2, 0.25) is 0 Å². The third kappa shape index (κ3) is 7.82. The number of ether oxygens (including phenoxy) is 7. The van der Waals surface area contributed by atoms with Crippen molar-refractivity contribution in [2.24, 2.45) is 0 Å². The summed E-state index contributed by atoms with van der Waals surface area (Å²) in [5.41, 5.74) is 0.